The lowest BCUT2D eigenvalue weighted by Crippen LogP contribution is -2.50. The Bertz CT molecular complexity index is 846. The molecule has 6 nitrogen and oxygen atoms in total. The van der Waals surface area contributed by atoms with Crippen molar-refractivity contribution in [1.29, 1.82) is 0 Å². The van der Waals surface area contributed by atoms with E-state index in [1.54, 1.807) is 0 Å². The summed E-state index contributed by atoms with van der Waals surface area (Å²) in [5.41, 5.74) is 0.439. The second-order valence-electron chi connectivity index (χ2n) is 7.60. The van der Waals surface area contributed by atoms with Gasteiger partial charge in [0.05, 0.1) is 5.56 Å². The molecule has 2 heterocycles. The van der Waals surface area contributed by atoms with E-state index in [1.807, 2.05) is 32.4 Å². The standard InChI is InChI=1S/C21H25F3N4O2/c1-26(2)14-15-3-8-18(25-13-15)27-9-11-28(12-10-27)20(30)19(29)16-4-6-17(7-5-16)21(22,23)24/h3-8,13,19,29H,9-12,14H2,1-2H3. The third-order valence-electron chi connectivity index (χ3n) is 5.01. The fraction of sp³-hybridized carbons (Fsp3) is 0.429. The highest BCUT2D eigenvalue weighted by Crippen LogP contribution is 2.30. The van der Waals surface area contributed by atoms with Crippen LogP contribution in [0.2, 0.25) is 0 Å². The van der Waals surface area contributed by atoms with Crippen LogP contribution in [0.1, 0.15) is 22.8 Å². The highest BCUT2D eigenvalue weighted by atomic mass is 19.4. The molecule has 0 saturated carbocycles. The number of hydrogen-bond acceptors (Lipinski definition) is 5. The van der Waals surface area contributed by atoms with Gasteiger partial charge < -0.3 is 19.8 Å². The number of hydrogen-bond donors (Lipinski definition) is 1. The Morgan fingerprint density at radius 2 is 1.73 bits per heavy atom. The lowest BCUT2D eigenvalue weighted by molar-refractivity contribution is -0.140. The molecule has 0 bridgehead atoms. The largest absolute Gasteiger partial charge is 0.416 e. The van der Waals surface area contributed by atoms with E-state index in [1.165, 1.54) is 4.90 Å². The van der Waals surface area contributed by atoms with Crippen LogP contribution in [-0.4, -0.2) is 66.1 Å². The number of aliphatic hydroxyl groups is 1. The third kappa shape index (κ3) is 5.28. The van der Waals surface area contributed by atoms with Crippen LogP contribution in [0.25, 0.3) is 0 Å². The van der Waals surface area contributed by atoms with Gasteiger partial charge in [0, 0.05) is 38.9 Å². The van der Waals surface area contributed by atoms with Crippen LogP contribution in [-0.2, 0) is 17.5 Å². The monoisotopic (exact) mass is 422 g/mol. The second-order valence-corrected chi connectivity index (χ2v) is 7.60. The lowest BCUT2D eigenvalue weighted by Gasteiger charge is -2.36. The van der Waals surface area contributed by atoms with Gasteiger partial charge in [-0.05, 0) is 43.4 Å². The Labute approximate surface area is 173 Å². The Morgan fingerprint density at radius 1 is 1.10 bits per heavy atom. The minimum Gasteiger partial charge on any atom is -0.378 e. The van der Waals surface area contributed by atoms with Crippen LogP contribution >= 0.6 is 0 Å². The average Bonchev–Trinajstić information content (AvgIpc) is 2.72. The maximum Gasteiger partial charge on any atom is 0.416 e. The molecule has 162 valence electrons. The van der Waals surface area contributed by atoms with Crippen molar-refractivity contribution in [2.24, 2.45) is 0 Å². The van der Waals surface area contributed by atoms with Crippen LogP contribution in [0, 0.1) is 0 Å². The van der Waals surface area contributed by atoms with Gasteiger partial charge in [0.15, 0.2) is 6.10 Å². The number of nitrogens with zero attached hydrogens (tertiary/aromatic N) is 4. The van der Waals surface area contributed by atoms with Crippen molar-refractivity contribution in [1.82, 2.24) is 14.8 Å². The molecule has 3 rings (SSSR count). The molecule has 30 heavy (non-hydrogen) atoms. The maximum atomic E-state index is 12.7. The van der Waals surface area contributed by atoms with Crippen LogP contribution < -0.4 is 4.90 Å². The van der Waals surface area contributed by atoms with Crippen molar-refractivity contribution in [2.75, 3.05) is 45.2 Å². The van der Waals surface area contributed by atoms with E-state index in [9.17, 15) is 23.1 Å². The van der Waals surface area contributed by atoms with Gasteiger partial charge in [0.25, 0.3) is 5.91 Å². The van der Waals surface area contributed by atoms with Gasteiger partial charge in [-0.2, -0.15) is 13.2 Å². The number of piperazine rings is 1. The van der Waals surface area contributed by atoms with Gasteiger partial charge in [-0.1, -0.05) is 18.2 Å². The predicted octanol–water partition coefficient (Wildman–Crippen LogP) is 2.54. The first-order chi connectivity index (χ1) is 14.1. The molecule has 1 amide bonds. The van der Waals surface area contributed by atoms with Crippen molar-refractivity contribution in [3.63, 3.8) is 0 Å². The van der Waals surface area contributed by atoms with Crippen molar-refractivity contribution < 1.29 is 23.1 Å². The molecule has 1 unspecified atom stereocenters. The highest BCUT2D eigenvalue weighted by Gasteiger charge is 2.31. The molecule has 9 heteroatoms. The molecule has 0 radical (unpaired) electrons. The predicted molar refractivity (Wildman–Crippen MR) is 107 cm³/mol. The maximum absolute atomic E-state index is 12.7. The van der Waals surface area contributed by atoms with Crippen LogP contribution in [0.3, 0.4) is 0 Å². The smallest absolute Gasteiger partial charge is 0.378 e. The molecule has 2 aromatic rings. The van der Waals surface area contributed by atoms with E-state index in [0.29, 0.717) is 26.2 Å². The number of pyridine rings is 1. The van der Waals surface area contributed by atoms with Crippen LogP contribution in [0.5, 0.6) is 0 Å². The Hall–Kier alpha value is -2.65. The third-order valence-corrected chi connectivity index (χ3v) is 5.01. The molecule has 1 N–H and O–H groups in total. The fourth-order valence-corrected chi connectivity index (χ4v) is 3.39. The molecule has 1 atom stereocenters. The minimum absolute atomic E-state index is 0.147. The summed E-state index contributed by atoms with van der Waals surface area (Å²) in [7, 11) is 3.98. The topological polar surface area (TPSA) is 59.9 Å². The summed E-state index contributed by atoms with van der Waals surface area (Å²) in [5, 5.41) is 10.3. The summed E-state index contributed by atoms with van der Waals surface area (Å²) in [6, 6.07) is 7.99. The fourth-order valence-electron chi connectivity index (χ4n) is 3.39. The van der Waals surface area contributed by atoms with Crippen molar-refractivity contribution >= 4 is 11.7 Å². The first-order valence-electron chi connectivity index (χ1n) is 9.64. The Kier molecular flexibility index (Phi) is 6.62. The van der Waals surface area contributed by atoms with E-state index in [-0.39, 0.29) is 5.56 Å². The molecule has 1 aromatic carbocycles. The van der Waals surface area contributed by atoms with Crippen molar-refractivity contribution in [3.8, 4) is 0 Å². The molecule has 1 aliphatic rings. The summed E-state index contributed by atoms with van der Waals surface area (Å²) in [6.45, 7) is 2.73. The lowest BCUT2D eigenvalue weighted by atomic mass is 10.1. The number of carbonyl (C=O) groups is 1. The molecule has 1 saturated heterocycles. The van der Waals surface area contributed by atoms with E-state index in [0.717, 1.165) is 42.2 Å². The Balaban J connectivity index is 1.57. The average molecular weight is 422 g/mol. The molecule has 0 aliphatic carbocycles. The normalized spacial score (nSPS) is 16.1. The molecule has 1 aromatic heterocycles. The zero-order valence-electron chi connectivity index (χ0n) is 16.9. The summed E-state index contributed by atoms with van der Waals surface area (Å²) in [4.78, 5) is 22.7. The van der Waals surface area contributed by atoms with E-state index < -0.39 is 23.8 Å². The minimum atomic E-state index is -4.46. The van der Waals surface area contributed by atoms with Gasteiger partial charge in [-0.3, -0.25) is 4.79 Å². The van der Waals surface area contributed by atoms with Gasteiger partial charge in [0.1, 0.15) is 5.82 Å². The van der Waals surface area contributed by atoms with Crippen LogP contribution in [0.4, 0.5) is 19.0 Å². The van der Waals surface area contributed by atoms with E-state index in [4.69, 9.17) is 0 Å². The number of aromatic nitrogens is 1. The quantitative estimate of drug-likeness (QED) is 0.803. The van der Waals surface area contributed by atoms with Gasteiger partial charge in [-0.25, -0.2) is 4.98 Å². The first-order valence-corrected chi connectivity index (χ1v) is 9.64. The van der Waals surface area contributed by atoms with Gasteiger partial charge in [-0.15, -0.1) is 0 Å². The zero-order chi connectivity index (χ0) is 21.9. The number of anilines is 1. The van der Waals surface area contributed by atoms with E-state index >= 15 is 0 Å². The van der Waals surface area contributed by atoms with E-state index in [2.05, 4.69) is 14.8 Å². The molecule has 1 fully saturated rings. The van der Waals surface area contributed by atoms with Crippen molar-refractivity contribution in [2.45, 2.75) is 18.8 Å². The number of benzene rings is 1. The number of amides is 1. The van der Waals surface area contributed by atoms with Crippen molar-refractivity contribution in [3.05, 3.63) is 59.3 Å². The highest BCUT2D eigenvalue weighted by molar-refractivity contribution is 5.82. The molecular weight excluding hydrogens is 397 g/mol. The molecular formula is C21H25F3N4O2. The summed E-state index contributed by atoms with van der Waals surface area (Å²) in [5.74, 6) is 0.316. The molecule has 1 aliphatic heterocycles. The number of alkyl halides is 3. The first kappa shape index (κ1) is 22.0. The number of aliphatic hydroxyl groups excluding tert-OH is 1. The van der Waals surface area contributed by atoms with Gasteiger partial charge >= 0.3 is 6.18 Å². The number of halogens is 3. The summed E-state index contributed by atoms with van der Waals surface area (Å²) < 4.78 is 38.0. The summed E-state index contributed by atoms with van der Waals surface area (Å²) in [6.07, 6.45) is -4.11. The number of rotatable bonds is 5. The summed E-state index contributed by atoms with van der Waals surface area (Å²) >= 11 is 0. The molecule has 0 spiro atoms. The zero-order valence-corrected chi connectivity index (χ0v) is 16.9. The Morgan fingerprint density at radius 3 is 2.23 bits per heavy atom. The van der Waals surface area contributed by atoms with Crippen LogP contribution in [0.15, 0.2) is 42.6 Å². The number of carbonyl (C=O) groups excluding carboxylic acids is 1. The SMILES string of the molecule is CN(C)Cc1ccc(N2CCN(C(=O)C(O)c3ccc(C(F)(F)F)cc3)CC2)nc1. The second kappa shape index (κ2) is 9.01. The van der Waals surface area contributed by atoms with Gasteiger partial charge in [0.2, 0.25) is 0 Å².